The smallest absolute Gasteiger partial charge is 0.230 e. The number of nitrogens with two attached hydrogens (primary N) is 1. The molecule has 1 aromatic heterocycles. The van der Waals surface area contributed by atoms with E-state index in [1.54, 1.807) is 0 Å². The van der Waals surface area contributed by atoms with Gasteiger partial charge < -0.3 is 10.3 Å². The van der Waals surface area contributed by atoms with Gasteiger partial charge in [0.2, 0.25) is 5.89 Å². The summed E-state index contributed by atoms with van der Waals surface area (Å²) in [7, 11) is 0. The molecular formula is C8H13N3O. The van der Waals surface area contributed by atoms with Crippen molar-refractivity contribution in [1.82, 2.24) is 10.1 Å². The van der Waals surface area contributed by atoms with Gasteiger partial charge in [-0.1, -0.05) is 12.1 Å². The minimum Gasteiger partial charge on any atom is -0.339 e. The van der Waals surface area contributed by atoms with Gasteiger partial charge in [0, 0.05) is 12.3 Å². The summed E-state index contributed by atoms with van der Waals surface area (Å²) in [4.78, 5) is 4.26. The number of hydrogen-bond acceptors (Lipinski definition) is 4. The summed E-state index contributed by atoms with van der Waals surface area (Å²) < 4.78 is 5.09. The molecule has 2 rings (SSSR count). The first-order chi connectivity index (χ1) is 5.85. The van der Waals surface area contributed by atoms with Crippen LogP contribution in [0.4, 0.5) is 0 Å². The Morgan fingerprint density at radius 1 is 1.67 bits per heavy atom. The Balaban J connectivity index is 2.05. The van der Waals surface area contributed by atoms with Crippen LogP contribution in [0.1, 0.15) is 31.0 Å². The van der Waals surface area contributed by atoms with Crippen LogP contribution in [0.15, 0.2) is 4.52 Å². The molecule has 0 amide bonds. The summed E-state index contributed by atoms with van der Waals surface area (Å²) in [5.74, 6) is 2.60. The average Bonchev–Trinajstić information content (AvgIpc) is 2.75. The summed E-state index contributed by atoms with van der Waals surface area (Å²) >= 11 is 0. The number of aromatic nitrogens is 2. The van der Waals surface area contributed by atoms with Gasteiger partial charge in [0.05, 0.1) is 0 Å². The Morgan fingerprint density at radius 2 is 2.50 bits per heavy atom. The summed E-state index contributed by atoms with van der Waals surface area (Å²) in [6.07, 6.45) is 1.95. The van der Waals surface area contributed by atoms with Crippen molar-refractivity contribution in [1.29, 1.82) is 0 Å². The van der Waals surface area contributed by atoms with E-state index in [0.29, 0.717) is 11.8 Å². The molecule has 1 fully saturated rings. The maximum absolute atomic E-state index is 5.51. The van der Waals surface area contributed by atoms with E-state index in [4.69, 9.17) is 10.3 Å². The largest absolute Gasteiger partial charge is 0.339 e. The van der Waals surface area contributed by atoms with Crippen molar-refractivity contribution >= 4 is 0 Å². The molecule has 12 heavy (non-hydrogen) atoms. The molecule has 1 saturated carbocycles. The molecule has 2 atom stereocenters. The summed E-state index contributed by atoms with van der Waals surface area (Å²) in [5, 5.41) is 3.84. The Hall–Kier alpha value is -0.900. The van der Waals surface area contributed by atoms with Gasteiger partial charge >= 0.3 is 0 Å². The standard InChI is InChI=1S/C8H13N3O/c1-2-7-10-8(12-11-7)6-3-5(6)4-9/h5-6H,2-4,9H2,1H3. The highest BCUT2D eigenvalue weighted by molar-refractivity contribution is 5.07. The van der Waals surface area contributed by atoms with Crippen molar-refractivity contribution in [3.8, 4) is 0 Å². The molecular weight excluding hydrogens is 154 g/mol. The molecule has 0 saturated heterocycles. The number of rotatable bonds is 3. The molecule has 1 aromatic rings. The van der Waals surface area contributed by atoms with Crippen LogP contribution in [0.5, 0.6) is 0 Å². The van der Waals surface area contributed by atoms with Gasteiger partial charge in [-0.2, -0.15) is 4.98 Å². The fraction of sp³-hybridized carbons (Fsp3) is 0.750. The van der Waals surface area contributed by atoms with Crippen LogP contribution in [0.3, 0.4) is 0 Å². The fourth-order valence-electron chi connectivity index (χ4n) is 1.37. The van der Waals surface area contributed by atoms with E-state index >= 15 is 0 Å². The van der Waals surface area contributed by atoms with E-state index in [1.807, 2.05) is 6.92 Å². The topological polar surface area (TPSA) is 64.9 Å². The molecule has 0 radical (unpaired) electrons. The van der Waals surface area contributed by atoms with Gasteiger partial charge in [0.1, 0.15) is 0 Å². The Kier molecular flexibility index (Phi) is 1.84. The van der Waals surface area contributed by atoms with E-state index in [0.717, 1.165) is 31.1 Å². The van der Waals surface area contributed by atoms with Crippen LogP contribution >= 0.6 is 0 Å². The minimum atomic E-state index is 0.447. The first-order valence-electron chi connectivity index (χ1n) is 4.37. The maximum atomic E-state index is 5.51. The zero-order valence-corrected chi connectivity index (χ0v) is 7.16. The van der Waals surface area contributed by atoms with Crippen LogP contribution in [-0.2, 0) is 6.42 Å². The van der Waals surface area contributed by atoms with Gasteiger partial charge in [0.25, 0.3) is 0 Å². The van der Waals surface area contributed by atoms with Gasteiger partial charge in [-0.05, 0) is 18.9 Å². The van der Waals surface area contributed by atoms with Crippen molar-refractivity contribution in [2.75, 3.05) is 6.54 Å². The van der Waals surface area contributed by atoms with Gasteiger partial charge in [-0.3, -0.25) is 0 Å². The third-order valence-electron chi connectivity index (χ3n) is 2.34. The molecule has 0 spiro atoms. The molecule has 2 N–H and O–H groups in total. The summed E-state index contributed by atoms with van der Waals surface area (Å²) in [6.45, 7) is 2.75. The predicted molar refractivity (Wildman–Crippen MR) is 43.6 cm³/mol. The van der Waals surface area contributed by atoms with Gasteiger partial charge in [-0.15, -0.1) is 0 Å². The van der Waals surface area contributed by atoms with Crippen molar-refractivity contribution in [2.45, 2.75) is 25.7 Å². The Bertz CT molecular complexity index is 271. The lowest BCUT2D eigenvalue weighted by Crippen LogP contribution is -2.02. The van der Waals surface area contributed by atoms with Crippen molar-refractivity contribution in [3.63, 3.8) is 0 Å². The molecule has 66 valence electrons. The summed E-state index contributed by atoms with van der Waals surface area (Å²) in [6, 6.07) is 0. The molecule has 0 aromatic carbocycles. The lowest BCUT2D eigenvalue weighted by Gasteiger charge is -1.87. The van der Waals surface area contributed by atoms with Crippen LogP contribution in [0.25, 0.3) is 0 Å². The van der Waals surface area contributed by atoms with Crippen LogP contribution in [0.2, 0.25) is 0 Å². The van der Waals surface area contributed by atoms with E-state index in [2.05, 4.69) is 10.1 Å². The predicted octanol–water partition coefficient (Wildman–Crippen LogP) is 0.694. The molecule has 0 bridgehead atoms. The minimum absolute atomic E-state index is 0.447. The van der Waals surface area contributed by atoms with Crippen molar-refractivity contribution in [3.05, 3.63) is 11.7 Å². The molecule has 1 aliphatic carbocycles. The second-order valence-electron chi connectivity index (χ2n) is 3.24. The average molecular weight is 167 g/mol. The second kappa shape index (κ2) is 2.86. The molecule has 1 heterocycles. The van der Waals surface area contributed by atoms with E-state index in [9.17, 15) is 0 Å². The SMILES string of the molecule is CCc1noc(C2CC2CN)n1. The molecule has 4 nitrogen and oxygen atoms in total. The van der Waals surface area contributed by atoms with Crippen molar-refractivity contribution in [2.24, 2.45) is 11.7 Å². The highest BCUT2D eigenvalue weighted by atomic mass is 16.5. The molecule has 2 unspecified atom stereocenters. The Labute approximate surface area is 71.1 Å². The summed E-state index contributed by atoms with van der Waals surface area (Å²) in [5.41, 5.74) is 5.51. The quantitative estimate of drug-likeness (QED) is 0.719. The zero-order chi connectivity index (χ0) is 8.55. The lowest BCUT2D eigenvalue weighted by atomic mass is 10.3. The van der Waals surface area contributed by atoms with E-state index in [-0.39, 0.29) is 0 Å². The highest BCUT2D eigenvalue weighted by Crippen LogP contribution is 2.45. The normalized spacial score (nSPS) is 27.5. The first kappa shape index (κ1) is 7.73. The third kappa shape index (κ3) is 1.22. The molecule has 0 aliphatic heterocycles. The van der Waals surface area contributed by atoms with Crippen LogP contribution in [0, 0.1) is 5.92 Å². The van der Waals surface area contributed by atoms with Crippen LogP contribution in [-0.4, -0.2) is 16.7 Å². The molecule has 4 heteroatoms. The molecule has 1 aliphatic rings. The maximum Gasteiger partial charge on any atom is 0.230 e. The highest BCUT2D eigenvalue weighted by Gasteiger charge is 2.41. The zero-order valence-electron chi connectivity index (χ0n) is 7.16. The van der Waals surface area contributed by atoms with Gasteiger partial charge in [-0.25, -0.2) is 0 Å². The van der Waals surface area contributed by atoms with Crippen molar-refractivity contribution < 1.29 is 4.52 Å². The lowest BCUT2D eigenvalue weighted by molar-refractivity contribution is 0.371. The van der Waals surface area contributed by atoms with Gasteiger partial charge in [0.15, 0.2) is 5.82 Å². The van der Waals surface area contributed by atoms with E-state index < -0.39 is 0 Å². The third-order valence-corrected chi connectivity index (χ3v) is 2.34. The Morgan fingerprint density at radius 3 is 3.00 bits per heavy atom. The van der Waals surface area contributed by atoms with Crippen LogP contribution < -0.4 is 5.73 Å². The van der Waals surface area contributed by atoms with E-state index in [1.165, 1.54) is 0 Å². The second-order valence-corrected chi connectivity index (χ2v) is 3.24. The first-order valence-corrected chi connectivity index (χ1v) is 4.37. The number of hydrogen-bond donors (Lipinski definition) is 1. The monoisotopic (exact) mass is 167 g/mol. The number of aryl methyl sites for hydroxylation is 1. The number of nitrogens with zero attached hydrogens (tertiary/aromatic N) is 2. The fourth-order valence-corrected chi connectivity index (χ4v) is 1.37.